The highest BCUT2D eigenvalue weighted by molar-refractivity contribution is 5.82. The fourth-order valence-electron chi connectivity index (χ4n) is 5.60. The first-order valence-corrected chi connectivity index (χ1v) is 13.8. The van der Waals surface area contributed by atoms with E-state index in [-0.39, 0.29) is 36.8 Å². The predicted molar refractivity (Wildman–Crippen MR) is 141 cm³/mol. The Morgan fingerprint density at radius 1 is 1.10 bits per heavy atom. The first-order chi connectivity index (χ1) is 19.4. The highest BCUT2D eigenvalue weighted by Gasteiger charge is 2.32. The smallest absolute Gasteiger partial charge is 0.296 e. The number of nitrogens with one attached hydrogen (secondary N) is 2. The molecule has 13 heteroatoms. The first-order valence-electron chi connectivity index (χ1n) is 13.8. The Balaban J connectivity index is 1.22. The van der Waals surface area contributed by atoms with Gasteiger partial charge in [-0.05, 0) is 37.8 Å². The number of hydrogen-bond acceptors (Lipinski definition) is 8. The zero-order chi connectivity index (χ0) is 27.6. The van der Waals surface area contributed by atoms with Gasteiger partial charge in [-0.3, -0.25) is 9.36 Å². The second-order valence-corrected chi connectivity index (χ2v) is 10.5. The Bertz CT molecular complexity index is 1340. The zero-order valence-corrected chi connectivity index (χ0v) is 21.9. The van der Waals surface area contributed by atoms with Crippen LogP contribution in [-0.4, -0.2) is 82.6 Å². The lowest BCUT2D eigenvalue weighted by Gasteiger charge is -2.31. The summed E-state index contributed by atoms with van der Waals surface area (Å²) in [5.74, 6) is 0.367. The number of imidazole rings is 1. The normalized spacial score (nSPS) is 25.4. The lowest BCUT2D eigenvalue weighted by Crippen LogP contribution is -2.47. The maximum atomic E-state index is 14.1. The largest absolute Gasteiger partial charge is 0.474 e. The lowest BCUT2D eigenvalue weighted by atomic mass is 9.92. The van der Waals surface area contributed by atoms with Crippen LogP contribution in [0.15, 0.2) is 30.3 Å². The molecule has 2 aromatic heterocycles. The molecule has 1 aliphatic carbocycles. The number of alkyl halides is 3. The van der Waals surface area contributed by atoms with E-state index in [1.165, 1.54) is 4.57 Å². The fraction of sp³-hybridized carbons (Fsp3) is 0.556. The van der Waals surface area contributed by atoms with Gasteiger partial charge in [-0.15, -0.1) is 0 Å². The van der Waals surface area contributed by atoms with Crippen molar-refractivity contribution in [1.29, 1.82) is 0 Å². The standard InChI is InChI=1S/C27H32F3N7O3/c28-16-13-20(31-15-16)26(38)32-17-5-7-18(8-6-17)40-23-14-22(34-27(35-23)36-9-11-39-12-10-36)37-21-4-2-1-3-19(21)33-25(37)24(29)30/h1-4,14,16-18,20,24,31H,5-13,15H2,(H,32,38)/t16-,17-,18-,20-/m0/s1. The van der Waals surface area contributed by atoms with Crippen LogP contribution in [0.5, 0.6) is 5.88 Å². The average molecular weight is 560 g/mol. The number of hydrogen-bond donors (Lipinski definition) is 2. The van der Waals surface area contributed by atoms with Gasteiger partial charge in [0.2, 0.25) is 17.7 Å². The Morgan fingerprint density at radius 3 is 2.60 bits per heavy atom. The number of halogens is 3. The molecule has 10 nitrogen and oxygen atoms in total. The van der Waals surface area contributed by atoms with Crippen molar-refractivity contribution in [2.24, 2.45) is 0 Å². The minimum Gasteiger partial charge on any atom is -0.474 e. The van der Waals surface area contributed by atoms with Crippen molar-refractivity contribution in [3.63, 3.8) is 0 Å². The molecule has 214 valence electrons. The second kappa shape index (κ2) is 11.6. The number of benzene rings is 1. The molecule has 0 spiro atoms. The third kappa shape index (κ3) is 5.71. The third-order valence-electron chi connectivity index (χ3n) is 7.68. The molecular formula is C27H32F3N7O3. The highest BCUT2D eigenvalue weighted by Crippen LogP contribution is 2.31. The van der Waals surface area contributed by atoms with Gasteiger partial charge in [0.25, 0.3) is 6.43 Å². The minimum atomic E-state index is -2.81. The van der Waals surface area contributed by atoms with Crippen molar-refractivity contribution in [2.75, 3.05) is 37.7 Å². The molecule has 0 bridgehead atoms. The quantitative estimate of drug-likeness (QED) is 0.455. The van der Waals surface area contributed by atoms with Crippen LogP contribution in [0.1, 0.15) is 44.4 Å². The molecule has 6 rings (SSSR count). The number of para-hydroxylation sites is 2. The van der Waals surface area contributed by atoms with E-state index in [1.54, 1.807) is 30.3 Å². The Kier molecular flexibility index (Phi) is 7.74. The van der Waals surface area contributed by atoms with Gasteiger partial charge in [-0.2, -0.15) is 9.97 Å². The SMILES string of the molecule is O=C(N[C@H]1CC[C@H](Oc2cc(-n3c(C(F)F)nc4ccccc43)nc(N3CCOCC3)n2)CC1)[C@@H]1C[C@H](F)CN1. The van der Waals surface area contributed by atoms with Crippen LogP contribution in [-0.2, 0) is 9.53 Å². The Hall–Kier alpha value is -3.45. The topological polar surface area (TPSA) is 106 Å². The van der Waals surface area contributed by atoms with Crippen LogP contribution in [0, 0.1) is 0 Å². The van der Waals surface area contributed by atoms with E-state index < -0.39 is 24.5 Å². The summed E-state index contributed by atoms with van der Waals surface area (Å²) in [6, 6.07) is 8.03. The fourth-order valence-corrected chi connectivity index (χ4v) is 5.60. The number of rotatable bonds is 7. The first kappa shape index (κ1) is 26.8. The molecule has 1 aromatic carbocycles. The molecule has 3 aromatic rings. The van der Waals surface area contributed by atoms with Crippen molar-refractivity contribution in [1.82, 2.24) is 30.2 Å². The van der Waals surface area contributed by atoms with Gasteiger partial charge < -0.3 is 25.0 Å². The molecule has 1 amide bonds. The summed E-state index contributed by atoms with van der Waals surface area (Å²) in [5.41, 5.74) is 0.962. The van der Waals surface area contributed by atoms with Crippen LogP contribution in [0.4, 0.5) is 19.1 Å². The number of aromatic nitrogens is 4. The van der Waals surface area contributed by atoms with Gasteiger partial charge in [0.1, 0.15) is 18.1 Å². The molecule has 2 N–H and O–H groups in total. The van der Waals surface area contributed by atoms with Crippen LogP contribution in [0.2, 0.25) is 0 Å². The number of morpholine rings is 1. The van der Waals surface area contributed by atoms with Crippen LogP contribution < -0.4 is 20.3 Å². The number of anilines is 1. The number of carbonyl (C=O) groups excluding carboxylic acids is 1. The van der Waals surface area contributed by atoms with Crippen LogP contribution in [0.3, 0.4) is 0 Å². The Morgan fingerprint density at radius 2 is 1.88 bits per heavy atom. The molecule has 2 saturated heterocycles. The van der Waals surface area contributed by atoms with Gasteiger partial charge in [0, 0.05) is 38.2 Å². The predicted octanol–water partition coefficient (Wildman–Crippen LogP) is 3.10. The summed E-state index contributed by atoms with van der Waals surface area (Å²) in [5, 5.41) is 5.95. The maximum Gasteiger partial charge on any atom is 0.296 e. The molecule has 1 saturated carbocycles. The average Bonchev–Trinajstić information content (AvgIpc) is 3.58. The number of carbonyl (C=O) groups is 1. The molecule has 40 heavy (non-hydrogen) atoms. The number of ether oxygens (including phenoxy) is 2. The number of nitrogens with zero attached hydrogens (tertiary/aromatic N) is 5. The molecule has 0 unspecified atom stereocenters. The van der Waals surface area contributed by atoms with Gasteiger partial charge in [0.05, 0.1) is 30.3 Å². The van der Waals surface area contributed by atoms with E-state index in [4.69, 9.17) is 9.47 Å². The molecule has 3 aliphatic rings. The minimum absolute atomic E-state index is 0.0106. The third-order valence-corrected chi connectivity index (χ3v) is 7.68. The lowest BCUT2D eigenvalue weighted by molar-refractivity contribution is -0.123. The van der Waals surface area contributed by atoms with Crippen molar-refractivity contribution >= 4 is 22.9 Å². The number of fused-ring (bicyclic) bond motifs is 1. The summed E-state index contributed by atoms with van der Waals surface area (Å²) in [7, 11) is 0. The van der Waals surface area contributed by atoms with Gasteiger partial charge in [-0.1, -0.05) is 12.1 Å². The molecule has 0 radical (unpaired) electrons. The van der Waals surface area contributed by atoms with Crippen molar-refractivity contribution < 1.29 is 27.4 Å². The van der Waals surface area contributed by atoms with Gasteiger partial charge in [0.15, 0.2) is 5.82 Å². The van der Waals surface area contributed by atoms with Gasteiger partial charge in [-0.25, -0.2) is 18.2 Å². The van der Waals surface area contributed by atoms with Crippen molar-refractivity contribution in [2.45, 2.75) is 62.9 Å². The van der Waals surface area contributed by atoms with E-state index in [1.807, 2.05) is 4.90 Å². The zero-order valence-electron chi connectivity index (χ0n) is 21.9. The van der Waals surface area contributed by atoms with Crippen LogP contribution in [0.25, 0.3) is 16.9 Å². The van der Waals surface area contributed by atoms with E-state index in [9.17, 15) is 18.0 Å². The summed E-state index contributed by atoms with van der Waals surface area (Å²) >= 11 is 0. The van der Waals surface area contributed by atoms with E-state index >= 15 is 0 Å². The van der Waals surface area contributed by atoms with Crippen LogP contribution >= 0.6 is 0 Å². The molecule has 2 atom stereocenters. The Labute approximate surface area is 229 Å². The maximum absolute atomic E-state index is 14.1. The highest BCUT2D eigenvalue weighted by atomic mass is 19.3. The number of amides is 1. The van der Waals surface area contributed by atoms with E-state index in [0.717, 1.165) is 0 Å². The van der Waals surface area contributed by atoms with E-state index in [2.05, 4.69) is 25.6 Å². The van der Waals surface area contributed by atoms with E-state index in [0.29, 0.717) is 74.8 Å². The summed E-state index contributed by atoms with van der Waals surface area (Å²) in [6.45, 7) is 2.37. The van der Waals surface area contributed by atoms with Crippen molar-refractivity contribution in [3.05, 3.63) is 36.2 Å². The molecule has 4 heterocycles. The molecule has 2 aliphatic heterocycles. The summed E-state index contributed by atoms with van der Waals surface area (Å²) in [6.07, 6.45) is -0.991. The summed E-state index contributed by atoms with van der Waals surface area (Å²) < 4.78 is 54.8. The second-order valence-electron chi connectivity index (χ2n) is 10.5. The molecular weight excluding hydrogens is 527 g/mol. The summed E-state index contributed by atoms with van der Waals surface area (Å²) in [4.78, 5) is 27.9. The monoisotopic (exact) mass is 559 g/mol. The molecule has 3 fully saturated rings. The van der Waals surface area contributed by atoms with Gasteiger partial charge >= 0.3 is 0 Å². The van der Waals surface area contributed by atoms with Crippen molar-refractivity contribution in [3.8, 4) is 11.7 Å².